The van der Waals surface area contributed by atoms with Gasteiger partial charge in [-0.15, -0.1) is 11.8 Å². The Morgan fingerprint density at radius 1 is 1.55 bits per heavy atom. The summed E-state index contributed by atoms with van der Waals surface area (Å²) in [6.45, 7) is 5.35. The number of carbonyl (C=O) groups excluding carboxylic acids is 3. The Bertz CT molecular complexity index is 440. The van der Waals surface area contributed by atoms with E-state index in [0.717, 1.165) is 6.42 Å². The molecule has 20 heavy (non-hydrogen) atoms. The Balaban J connectivity index is 1.90. The molecule has 2 heterocycles. The molecule has 2 aliphatic heterocycles. The third kappa shape index (κ3) is 2.92. The molecule has 0 aliphatic carbocycles. The molecule has 2 aliphatic rings. The zero-order valence-electron chi connectivity index (χ0n) is 12.0. The van der Waals surface area contributed by atoms with Gasteiger partial charge >= 0.3 is 5.97 Å². The van der Waals surface area contributed by atoms with Crippen LogP contribution < -0.4 is 5.32 Å². The van der Waals surface area contributed by atoms with Crippen molar-refractivity contribution >= 4 is 29.5 Å². The molecule has 2 fully saturated rings. The highest BCUT2D eigenvalue weighted by Gasteiger charge is 2.53. The van der Waals surface area contributed by atoms with Crippen LogP contribution in [0.25, 0.3) is 0 Å². The van der Waals surface area contributed by atoms with Crippen molar-refractivity contribution in [1.29, 1.82) is 0 Å². The van der Waals surface area contributed by atoms with Gasteiger partial charge in [-0.25, -0.2) is 4.79 Å². The number of fused-ring (bicyclic) bond motifs is 1. The maximum Gasteiger partial charge on any atom is 0.330 e. The zero-order chi connectivity index (χ0) is 14.9. The van der Waals surface area contributed by atoms with Crippen molar-refractivity contribution in [2.45, 2.75) is 50.6 Å². The van der Waals surface area contributed by atoms with E-state index in [1.165, 1.54) is 0 Å². The second-order valence-corrected chi connectivity index (χ2v) is 7.10. The Morgan fingerprint density at radius 3 is 2.90 bits per heavy atom. The number of nitrogens with one attached hydrogen (secondary N) is 1. The highest BCUT2D eigenvalue weighted by molar-refractivity contribution is 8.01. The zero-order valence-corrected chi connectivity index (χ0v) is 12.8. The lowest BCUT2D eigenvalue weighted by Gasteiger charge is -2.29. The Kier molecular flexibility index (Phi) is 4.27. The molecule has 0 aromatic heterocycles. The van der Waals surface area contributed by atoms with Gasteiger partial charge in [0.1, 0.15) is 6.04 Å². The molecule has 112 valence electrons. The summed E-state index contributed by atoms with van der Waals surface area (Å²) in [6, 6.07) is -0.557. The summed E-state index contributed by atoms with van der Waals surface area (Å²) < 4.78 is 5.03. The molecule has 2 rings (SSSR count). The first-order valence-electron chi connectivity index (χ1n) is 6.75. The van der Waals surface area contributed by atoms with Gasteiger partial charge in [0.2, 0.25) is 5.91 Å². The van der Waals surface area contributed by atoms with Gasteiger partial charge in [-0.1, -0.05) is 0 Å². The minimum Gasteiger partial charge on any atom is -0.454 e. The smallest absolute Gasteiger partial charge is 0.330 e. The second kappa shape index (κ2) is 5.63. The number of thioether (sulfide) groups is 1. The summed E-state index contributed by atoms with van der Waals surface area (Å²) >= 11 is 1.60. The lowest BCUT2D eigenvalue weighted by molar-refractivity contribution is -0.156. The normalized spacial score (nSPS) is 28.7. The molecule has 2 amide bonds. The van der Waals surface area contributed by atoms with Crippen LogP contribution >= 0.6 is 11.8 Å². The number of carbonyl (C=O) groups is 3. The van der Waals surface area contributed by atoms with E-state index in [9.17, 15) is 14.4 Å². The van der Waals surface area contributed by atoms with Gasteiger partial charge < -0.3 is 15.0 Å². The van der Waals surface area contributed by atoms with Gasteiger partial charge in [-0.2, -0.15) is 0 Å². The van der Waals surface area contributed by atoms with E-state index in [4.69, 9.17) is 4.74 Å². The second-order valence-electron chi connectivity index (χ2n) is 5.60. The van der Waals surface area contributed by atoms with E-state index < -0.39 is 12.0 Å². The summed E-state index contributed by atoms with van der Waals surface area (Å²) in [7, 11) is 0. The number of amides is 2. The molecule has 2 saturated heterocycles. The largest absolute Gasteiger partial charge is 0.454 e. The van der Waals surface area contributed by atoms with Crippen LogP contribution in [0.4, 0.5) is 0 Å². The summed E-state index contributed by atoms with van der Waals surface area (Å²) in [6.07, 6.45) is 1.23. The Hall–Kier alpha value is -1.24. The van der Waals surface area contributed by atoms with Crippen molar-refractivity contribution in [1.82, 2.24) is 10.2 Å². The topological polar surface area (TPSA) is 75.7 Å². The third-order valence-corrected chi connectivity index (χ3v) is 5.02. The van der Waals surface area contributed by atoms with E-state index in [1.807, 2.05) is 20.8 Å². The van der Waals surface area contributed by atoms with Crippen LogP contribution in [0.15, 0.2) is 0 Å². The molecule has 0 spiro atoms. The van der Waals surface area contributed by atoms with Crippen molar-refractivity contribution in [2.24, 2.45) is 0 Å². The van der Waals surface area contributed by atoms with Crippen LogP contribution in [-0.2, 0) is 19.1 Å². The van der Waals surface area contributed by atoms with Crippen molar-refractivity contribution in [3.05, 3.63) is 0 Å². The third-order valence-electron chi connectivity index (χ3n) is 3.51. The highest BCUT2D eigenvalue weighted by atomic mass is 32.2. The number of nitrogens with zero attached hydrogens (tertiary/aromatic N) is 1. The molecule has 0 radical (unpaired) electrons. The molecule has 0 bridgehead atoms. The summed E-state index contributed by atoms with van der Waals surface area (Å²) in [5.41, 5.74) is 0. The molecular formula is C13H20N2O4S. The monoisotopic (exact) mass is 300 g/mol. The number of esters is 1. The standard InChI is InChI=1S/C13H20N2O4S/c1-8(2)14-10(16)6-19-12(18)9-7-20-13(3)5-4-11(17)15(9)13/h8-9H,4-7H2,1-3H3,(H,14,16)/t9-,13-/m0/s1. The molecule has 0 unspecified atom stereocenters. The van der Waals surface area contributed by atoms with Crippen LogP contribution in [0.3, 0.4) is 0 Å². The van der Waals surface area contributed by atoms with Crippen LogP contribution in [0, 0.1) is 0 Å². The van der Waals surface area contributed by atoms with E-state index in [-0.39, 0.29) is 29.3 Å². The van der Waals surface area contributed by atoms with E-state index in [1.54, 1.807) is 16.7 Å². The Labute approximate surface area is 122 Å². The average Bonchev–Trinajstić information content (AvgIpc) is 2.83. The SMILES string of the molecule is CC(C)NC(=O)COC(=O)[C@@H]1CS[C@@]2(C)CCC(=O)N12. The summed E-state index contributed by atoms with van der Waals surface area (Å²) in [5.74, 6) is -0.289. The molecule has 6 nitrogen and oxygen atoms in total. The van der Waals surface area contributed by atoms with Gasteiger partial charge in [0, 0.05) is 18.2 Å². The van der Waals surface area contributed by atoms with E-state index in [2.05, 4.69) is 5.32 Å². The average molecular weight is 300 g/mol. The van der Waals surface area contributed by atoms with E-state index >= 15 is 0 Å². The predicted molar refractivity (Wildman–Crippen MR) is 75.0 cm³/mol. The Morgan fingerprint density at radius 2 is 2.25 bits per heavy atom. The number of hydrogen-bond donors (Lipinski definition) is 1. The molecule has 1 N–H and O–H groups in total. The van der Waals surface area contributed by atoms with Crippen LogP contribution in [-0.4, -0.2) is 52.0 Å². The van der Waals surface area contributed by atoms with Crippen molar-refractivity contribution in [2.75, 3.05) is 12.4 Å². The maximum atomic E-state index is 12.1. The fraction of sp³-hybridized carbons (Fsp3) is 0.769. The van der Waals surface area contributed by atoms with Gasteiger partial charge in [0.15, 0.2) is 6.61 Å². The van der Waals surface area contributed by atoms with Crippen LogP contribution in [0.5, 0.6) is 0 Å². The molecule has 7 heteroatoms. The van der Waals surface area contributed by atoms with E-state index in [0.29, 0.717) is 12.2 Å². The quantitative estimate of drug-likeness (QED) is 0.766. The van der Waals surface area contributed by atoms with Gasteiger partial charge in [0.25, 0.3) is 5.91 Å². The van der Waals surface area contributed by atoms with Gasteiger partial charge in [-0.3, -0.25) is 9.59 Å². The van der Waals surface area contributed by atoms with Gasteiger partial charge in [0.05, 0.1) is 4.87 Å². The molecular weight excluding hydrogens is 280 g/mol. The summed E-state index contributed by atoms with van der Waals surface area (Å²) in [4.78, 5) is 36.7. The molecule has 0 saturated carbocycles. The number of ether oxygens (including phenoxy) is 1. The van der Waals surface area contributed by atoms with Crippen LogP contribution in [0.1, 0.15) is 33.6 Å². The lowest BCUT2D eigenvalue weighted by Crippen LogP contribution is -2.47. The van der Waals surface area contributed by atoms with Crippen LogP contribution in [0.2, 0.25) is 0 Å². The van der Waals surface area contributed by atoms with Crippen molar-refractivity contribution in [3.8, 4) is 0 Å². The summed E-state index contributed by atoms with van der Waals surface area (Å²) in [5, 5.41) is 2.65. The van der Waals surface area contributed by atoms with Crippen molar-refractivity contribution in [3.63, 3.8) is 0 Å². The lowest BCUT2D eigenvalue weighted by atomic mass is 10.2. The number of hydrogen-bond acceptors (Lipinski definition) is 5. The maximum absolute atomic E-state index is 12.1. The first kappa shape index (κ1) is 15.2. The minimum absolute atomic E-state index is 0.00619. The highest BCUT2D eigenvalue weighted by Crippen LogP contribution is 2.47. The molecule has 0 aromatic rings. The fourth-order valence-corrected chi connectivity index (χ4v) is 4.01. The molecule has 0 aromatic carbocycles. The fourth-order valence-electron chi connectivity index (χ4n) is 2.59. The first-order chi connectivity index (χ1) is 9.33. The van der Waals surface area contributed by atoms with Gasteiger partial charge in [-0.05, 0) is 27.2 Å². The van der Waals surface area contributed by atoms with Crippen molar-refractivity contribution < 1.29 is 19.1 Å². The minimum atomic E-state index is -0.563. The first-order valence-corrected chi connectivity index (χ1v) is 7.74. The number of rotatable bonds is 4. The predicted octanol–water partition coefficient (Wildman–Crippen LogP) is 0.508. The molecule has 2 atom stereocenters.